The highest BCUT2D eigenvalue weighted by Gasteiger charge is 2.21. The molecule has 1 aliphatic rings. The number of benzene rings is 3. The van der Waals surface area contributed by atoms with Crippen LogP contribution < -0.4 is 24.2 Å². The Balaban J connectivity index is 1.47. The molecular formula is C23H21ClN2O6S. The van der Waals surface area contributed by atoms with Crippen LogP contribution in [-0.4, -0.2) is 27.7 Å². The number of fused-ring (bicyclic) bond motifs is 1. The lowest BCUT2D eigenvalue weighted by molar-refractivity contribution is 0.0950. The zero-order chi connectivity index (χ0) is 23.4. The van der Waals surface area contributed by atoms with Crippen LogP contribution in [-0.2, 0) is 16.6 Å². The number of anilines is 1. The van der Waals surface area contributed by atoms with E-state index in [0.29, 0.717) is 29.5 Å². The quantitative estimate of drug-likeness (QED) is 0.492. The molecule has 0 bridgehead atoms. The van der Waals surface area contributed by atoms with Gasteiger partial charge in [-0.25, -0.2) is 8.42 Å². The highest BCUT2D eigenvalue weighted by molar-refractivity contribution is 7.92. The molecule has 0 aromatic heterocycles. The number of rotatable bonds is 8. The van der Waals surface area contributed by atoms with E-state index >= 15 is 0 Å². The molecule has 3 aromatic rings. The molecule has 0 spiro atoms. The van der Waals surface area contributed by atoms with Crippen LogP contribution in [0.3, 0.4) is 0 Å². The molecule has 33 heavy (non-hydrogen) atoms. The number of carbonyl (C=O) groups is 1. The Bertz CT molecular complexity index is 1280. The van der Waals surface area contributed by atoms with Crippen molar-refractivity contribution in [1.29, 1.82) is 0 Å². The van der Waals surface area contributed by atoms with Gasteiger partial charge in [0, 0.05) is 17.8 Å². The molecule has 0 radical (unpaired) electrons. The van der Waals surface area contributed by atoms with E-state index < -0.39 is 15.9 Å². The van der Waals surface area contributed by atoms with E-state index in [1.807, 2.05) is 13.0 Å². The number of sulfonamides is 1. The molecule has 10 heteroatoms. The van der Waals surface area contributed by atoms with Crippen LogP contribution in [0.1, 0.15) is 22.8 Å². The van der Waals surface area contributed by atoms with Gasteiger partial charge in [-0.2, -0.15) is 0 Å². The van der Waals surface area contributed by atoms with Crippen LogP contribution in [0.15, 0.2) is 65.6 Å². The van der Waals surface area contributed by atoms with Crippen molar-refractivity contribution in [2.45, 2.75) is 18.4 Å². The highest BCUT2D eigenvalue weighted by atomic mass is 35.5. The van der Waals surface area contributed by atoms with Gasteiger partial charge in [0.1, 0.15) is 10.6 Å². The van der Waals surface area contributed by atoms with Crippen LogP contribution in [0.4, 0.5) is 5.69 Å². The summed E-state index contributed by atoms with van der Waals surface area (Å²) in [4.78, 5) is 12.5. The maximum atomic E-state index is 12.9. The molecule has 1 aliphatic heterocycles. The van der Waals surface area contributed by atoms with Gasteiger partial charge >= 0.3 is 0 Å². The second-order valence-corrected chi connectivity index (χ2v) is 9.14. The largest absolute Gasteiger partial charge is 0.494 e. The first-order valence-electron chi connectivity index (χ1n) is 10.1. The molecule has 0 aliphatic carbocycles. The summed E-state index contributed by atoms with van der Waals surface area (Å²) in [6.45, 7) is 2.75. The minimum absolute atomic E-state index is 0.000701. The predicted molar refractivity (Wildman–Crippen MR) is 124 cm³/mol. The van der Waals surface area contributed by atoms with E-state index in [1.165, 1.54) is 18.2 Å². The second kappa shape index (κ2) is 9.60. The number of carbonyl (C=O) groups excluding carboxylic acids is 1. The summed E-state index contributed by atoms with van der Waals surface area (Å²) in [5, 5.41) is 2.77. The van der Waals surface area contributed by atoms with Gasteiger partial charge < -0.3 is 19.5 Å². The number of amides is 1. The number of halogens is 1. The Morgan fingerprint density at radius 3 is 2.55 bits per heavy atom. The maximum Gasteiger partial charge on any atom is 0.263 e. The van der Waals surface area contributed by atoms with Gasteiger partial charge in [0.25, 0.3) is 15.9 Å². The smallest absolute Gasteiger partial charge is 0.263 e. The first-order chi connectivity index (χ1) is 15.9. The fourth-order valence-electron chi connectivity index (χ4n) is 3.18. The molecular weight excluding hydrogens is 468 g/mol. The number of nitrogens with one attached hydrogen (secondary N) is 2. The molecule has 0 saturated carbocycles. The van der Waals surface area contributed by atoms with E-state index in [1.54, 1.807) is 36.4 Å². The van der Waals surface area contributed by atoms with Crippen molar-refractivity contribution >= 4 is 33.2 Å². The van der Waals surface area contributed by atoms with E-state index in [4.69, 9.17) is 25.8 Å². The lowest BCUT2D eigenvalue weighted by Crippen LogP contribution is -2.23. The third-order valence-corrected chi connectivity index (χ3v) is 6.65. The van der Waals surface area contributed by atoms with Crippen molar-refractivity contribution in [2.24, 2.45) is 0 Å². The average molecular weight is 489 g/mol. The van der Waals surface area contributed by atoms with Gasteiger partial charge in [0.2, 0.25) is 6.79 Å². The van der Waals surface area contributed by atoms with E-state index in [2.05, 4.69) is 10.0 Å². The third-order valence-electron chi connectivity index (χ3n) is 4.79. The molecule has 1 amide bonds. The Labute approximate surface area is 196 Å². The highest BCUT2D eigenvalue weighted by Crippen LogP contribution is 2.32. The standard InChI is InChI=1S/C23H21ClN2O6S/c1-2-30-18-7-5-17(6-8-18)26-33(28,29)22-12-16(4-9-19(22)24)23(27)25-13-15-3-10-20-21(11-15)32-14-31-20/h3-12,26H,2,13-14H2,1H3,(H,25,27). The Hall–Kier alpha value is -3.43. The van der Waals surface area contributed by atoms with Gasteiger partial charge in [0.05, 0.1) is 11.6 Å². The Kier molecular flexibility index (Phi) is 6.62. The zero-order valence-corrected chi connectivity index (χ0v) is 19.2. The molecule has 4 rings (SSSR count). The van der Waals surface area contributed by atoms with Crippen molar-refractivity contribution in [3.63, 3.8) is 0 Å². The summed E-state index contributed by atoms with van der Waals surface area (Å²) in [5.74, 6) is 1.45. The average Bonchev–Trinajstić information content (AvgIpc) is 3.27. The number of hydrogen-bond donors (Lipinski definition) is 2. The topological polar surface area (TPSA) is 103 Å². The number of ether oxygens (including phenoxy) is 3. The minimum Gasteiger partial charge on any atom is -0.494 e. The van der Waals surface area contributed by atoms with Crippen LogP contribution >= 0.6 is 11.6 Å². The molecule has 1 heterocycles. The van der Waals surface area contributed by atoms with Crippen molar-refractivity contribution in [3.8, 4) is 17.2 Å². The SMILES string of the molecule is CCOc1ccc(NS(=O)(=O)c2cc(C(=O)NCc3ccc4c(c3)OCO4)ccc2Cl)cc1. The van der Waals surface area contributed by atoms with Crippen LogP contribution in [0.25, 0.3) is 0 Å². The van der Waals surface area contributed by atoms with Crippen molar-refractivity contribution in [3.05, 3.63) is 76.8 Å². The summed E-state index contributed by atoms with van der Waals surface area (Å²) >= 11 is 6.15. The van der Waals surface area contributed by atoms with E-state index in [0.717, 1.165) is 5.56 Å². The Morgan fingerprint density at radius 1 is 1.03 bits per heavy atom. The molecule has 8 nitrogen and oxygen atoms in total. The molecule has 0 atom stereocenters. The van der Waals surface area contributed by atoms with E-state index in [-0.39, 0.29) is 28.8 Å². The molecule has 2 N–H and O–H groups in total. The first kappa shape index (κ1) is 22.8. The van der Waals surface area contributed by atoms with Crippen LogP contribution in [0, 0.1) is 0 Å². The summed E-state index contributed by atoms with van der Waals surface area (Å²) in [6, 6.07) is 15.9. The van der Waals surface area contributed by atoms with Crippen molar-refractivity contribution < 1.29 is 27.4 Å². The van der Waals surface area contributed by atoms with Crippen LogP contribution in [0.2, 0.25) is 5.02 Å². The summed E-state index contributed by atoms with van der Waals surface area (Å²) < 4.78 is 44.3. The van der Waals surface area contributed by atoms with Crippen molar-refractivity contribution in [2.75, 3.05) is 18.1 Å². The fraction of sp³-hybridized carbons (Fsp3) is 0.174. The maximum absolute atomic E-state index is 12.9. The fourth-order valence-corrected chi connectivity index (χ4v) is 4.77. The van der Waals surface area contributed by atoms with Crippen LogP contribution in [0.5, 0.6) is 17.2 Å². The van der Waals surface area contributed by atoms with Gasteiger partial charge in [-0.05, 0) is 67.1 Å². The van der Waals surface area contributed by atoms with Gasteiger partial charge in [-0.1, -0.05) is 17.7 Å². The van der Waals surface area contributed by atoms with Gasteiger partial charge in [-0.15, -0.1) is 0 Å². The molecule has 172 valence electrons. The summed E-state index contributed by atoms with van der Waals surface area (Å²) in [7, 11) is -4.03. The summed E-state index contributed by atoms with van der Waals surface area (Å²) in [6.07, 6.45) is 0. The minimum atomic E-state index is -4.03. The number of hydrogen-bond acceptors (Lipinski definition) is 6. The normalized spacial score (nSPS) is 12.3. The molecule has 0 fully saturated rings. The van der Waals surface area contributed by atoms with Gasteiger partial charge in [-0.3, -0.25) is 9.52 Å². The first-order valence-corrected chi connectivity index (χ1v) is 11.9. The monoisotopic (exact) mass is 488 g/mol. The molecule has 0 saturated heterocycles. The zero-order valence-electron chi connectivity index (χ0n) is 17.6. The summed E-state index contributed by atoms with van der Waals surface area (Å²) in [5.41, 5.74) is 1.31. The third kappa shape index (κ3) is 5.32. The Morgan fingerprint density at radius 2 is 1.79 bits per heavy atom. The van der Waals surface area contributed by atoms with E-state index in [9.17, 15) is 13.2 Å². The second-order valence-electron chi connectivity index (χ2n) is 7.08. The lowest BCUT2D eigenvalue weighted by Gasteiger charge is -2.12. The van der Waals surface area contributed by atoms with Gasteiger partial charge in [0.15, 0.2) is 11.5 Å². The predicted octanol–water partition coefficient (Wildman–Crippen LogP) is 4.20. The lowest BCUT2D eigenvalue weighted by atomic mass is 10.1. The molecule has 0 unspecified atom stereocenters. The van der Waals surface area contributed by atoms with Crippen molar-refractivity contribution in [1.82, 2.24) is 5.32 Å². The molecule has 3 aromatic carbocycles.